The summed E-state index contributed by atoms with van der Waals surface area (Å²) in [7, 11) is -4.02. The van der Waals surface area contributed by atoms with Gasteiger partial charge in [0.25, 0.3) is 10.0 Å². The Morgan fingerprint density at radius 3 is 2.25 bits per heavy atom. The van der Waals surface area contributed by atoms with Crippen LogP contribution in [0.15, 0.2) is 59.5 Å². The predicted octanol–water partition coefficient (Wildman–Crippen LogP) is 3.92. The van der Waals surface area contributed by atoms with Gasteiger partial charge in [0, 0.05) is 10.4 Å². The quantitative estimate of drug-likeness (QED) is 0.559. The zero-order valence-corrected chi connectivity index (χ0v) is 16.2. The number of aryl methyl sites for hydroxylation is 1. The number of nitrogens with one attached hydrogen (secondary N) is 1. The summed E-state index contributed by atoms with van der Waals surface area (Å²) in [5.41, 5.74) is 0.701. The van der Waals surface area contributed by atoms with Crippen LogP contribution in [0.1, 0.15) is 25.6 Å². The molecule has 0 aliphatic rings. The highest BCUT2D eigenvalue weighted by molar-refractivity contribution is 7.92. The van der Waals surface area contributed by atoms with E-state index in [1.165, 1.54) is 18.2 Å². The molecule has 0 saturated heterocycles. The number of anilines is 1. The van der Waals surface area contributed by atoms with Crippen molar-refractivity contribution in [2.75, 3.05) is 4.72 Å². The molecule has 3 aromatic rings. The standard InChI is InChI=1S/C19H15NO6S2/c1-11-6-2-5-9-16(11)28(25,26)20-14-10-15(27-17(14)19(23)24)12-7-3-4-8-13(12)18(21)22/h2-10,20H,1H3,(H,21,22)(H,23,24). The van der Waals surface area contributed by atoms with Crippen molar-refractivity contribution in [3.05, 3.63) is 70.6 Å². The number of benzene rings is 2. The van der Waals surface area contributed by atoms with Gasteiger partial charge in [-0.25, -0.2) is 18.0 Å². The lowest BCUT2D eigenvalue weighted by molar-refractivity contribution is 0.0689. The molecule has 0 fully saturated rings. The Labute approximate surface area is 165 Å². The van der Waals surface area contributed by atoms with Gasteiger partial charge in [0.05, 0.1) is 16.1 Å². The topological polar surface area (TPSA) is 121 Å². The van der Waals surface area contributed by atoms with Crippen LogP contribution in [0.3, 0.4) is 0 Å². The third kappa shape index (κ3) is 3.75. The van der Waals surface area contributed by atoms with Crippen LogP contribution < -0.4 is 4.72 Å². The molecule has 3 rings (SSSR count). The van der Waals surface area contributed by atoms with Gasteiger partial charge in [-0.2, -0.15) is 0 Å². The van der Waals surface area contributed by atoms with Gasteiger partial charge in [-0.3, -0.25) is 4.72 Å². The van der Waals surface area contributed by atoms with E-state index in [2.05, 4.69) is 4.72 Å². The molecule has 0 bridgehead atoms. The van der Waals surface area contributed by atoms with Crippen LogP contribution in [0.4, 0.5) is 5.69 Å². The number of thiophene rings is 1. The lowest BCUT2D eigenvalue weighted by Crippen LogP contribution is -2.15. The summed E-state index contributed by atoms with van der Waals surface area (Å²) < 4.78 is 27.8. The molecule has 0 radical (unpaired) electrons. The second-order valence-electron chi connectivity index (χ2n) is 5.88. The third-order valence-electron chi connectivity index (χ3n) is 3.98. The monoisotopic (exact) mass is 417 g/mol. The predicted molar refractivity (Wildman–Crippen MR) is 106 cm³/mol. The van der Waals surface area contributed by atoms with E-state index >= 15 is 0 Å². The summed E-state index contributed by atoms with van der Waals surface area (Å²) in [5, 5.41) is 18.8. The van der Waals surface area contributed by atoms with Gasteiger partial charge in [0.2, 0.25) is 0 Å². The average Bonchev–Trinajstić information content (AvgIpc) is 3.05. The van der Waals surface area contributed by atoms with E-state index in [4.69, 9.17) is 0 Å². The number of rotatable bonds is 6. The number of sulfonamides is 1. The molecule has 2 aromatic carbocycles. The summed E-state index contributed by atoms with van der Waals surface area (Å²) >= 11 is 0.803. The molecule has 0 aliphatic heterocycles. The zero-order valence-electron chi connectivity index (χ0n) is 14.5. The van der Waals surface area contributed by atoms with Crippen LogP contribution in [0, 0.1) is 6.92 Å². The maximum Gasteiger partial charge on any atom is 0.348 e. The van der Waals surface area contributed by atoms with E-state index in [1.807, 2.05) is 0 Å². The Morgan fingerprint density at radius 1 is 0.964 bits per heavy atom. The highest BCUT2D eigenvalue weighted by Crippen LogP contribution is 2.37. The molecule has 0 atom stereocenters. The molecule has 1 aromatic heterocycles. The minimum absolute atomic E-state index is 0.00556. The van der Waals surface area contributed by atoms with Crippen molar-refractivity contribution < 1.29 is 28.2 Å². The molecule has 9 heteroatoms. The fourth-order valence-electron chi connectivity index (χ4n) is 2.70. The summed E-state index contributed by atoms with van der Waals surface area (Å²) in [6.07, 6.45) is 0. The number of aromatic carboxylic acids is 2. The SMILES string of the molecule is Cc1ccccc1S(=O)(=O)Nc1cc(-c2ccccc2C(=O)O)sc1C(=O)O. The molecule has 0 aliphatic carbocycles. The Morgan fingerprint density at radius 2 is 1.61 bits per heavy atom. The smallest absolute Gasteiger partial charge is 0.348 e. The molecule has 1 heterocycles. The Balaban J connectivity index is 2.10. The number of hydrogen-bond donors (Lipinski definition) is 3. The lowest BCUT2D eigenvalue weighted by Gasteiger charge is -2.09. The van der Waals surface area contributed by atoms with Crippen LogP contribution in [0.5, 0.6) is 0 Å². The molecule has 7 nitrogen and oxygen atoms in total. The lowest BCUT2D eigenvalue weighted by atomic mass is 10.1. The number of carbonyl (C=O) groups is 2. The summed E-state index contributed by atoms with van der Waals surface area (Å²) in [6.45, 7) is 1.63. The van der Waals surface area contributed by atoms with E-state index in [1.54, 1.807) is 43.3 Å². The van der Waals surface area contributed by atoms with E-state index in [-0.39, 0.29) is 21.0 Å². The van der Waals surface area contributed by atoms with Gasteiger partial charge < -0.3 is 10.2 Å². The first-order valence-corrected chi connectivity index (χ1v) is 10.3. The summed E-state index contributed by atoms with van der Waals surface area (Å²) in [6, 6.07) is 13.8. The van der Waals surface area contributed by atoms with Gasteiger partial charge in [0.1, 0.15) is 4.88 Å². The molecular formula is C19H15NO6S2. The first-order chi connectivity index (χ1) is 13.2. The maximum atomic E-state index is 12.7. The van der Waals surface area contributed by atoms with Crippen molar-refractivity contribution >= 4 is 39.0 Å². The Bertz CT molecular complexity index is 1180. The van der Waals surface area contributed by atoms with Gasteiger partial charge in [0.15, 0.2) is 0 Å². The second kappa shape index (κ2) is 7.45. The highest BCUT2D eigenvalue weighted by Gasteiger charge is 2.24. The molecular weight excluding hydrogens is 402 g/mol. The van der Waals surface area contributed by atoms with Crippen LogP contribution in [-0.4, -0.2) is 30.6 Å². The molecule has 144 valence electrons. The molecule has 0 spiro atoms. The Kier molecular flexibility index (Phi) is 5.21. The minimum Gasteiger partial charge on any atom is -0.478 e. The fraction of sp³-hybridized carbons (Fsp3) is 0.0526. The van der Waals surface area contributed by atoms with E-state index < -0.39 is 22.0 Å². The van der Waals surface area contributed by atoms with Crippen molar-refractivity contribution in [2.24, 2.45) is 0 Å². The summed E-state index contributed by atoms with van der Waals surface area (Å²) in [5.74, 6) is -2.48. The largest absolute Gasteiger partial charge is 0.478 e. The maximum absolute atomic E-state index is 12.7. The van der Waals surface area contributed by atoms with E-state index in [0.29, 0.717) is 16.0 Å². The van der Waals surface area contributed by atoms with Crippen molar-refractivity contribution in [3.63, 3.8) is 0 Å². The normalized spacial score (nSPS) is 11.2. The highest BCUT2D eigenvalue weighted by atomic mass is 32.2. The summed E-state index contributed by atoms with van der Waals surface area (Å²) in [4.78, 5) is 23.2. The van der Waals surface area contributed by atoms with Crippen molar-refractivity contribution in [1.29, 1.82) is 0 Å². The third-order valence-corrected chi connectivity index (χ3v) is 6.66. The number of carboxylic acid groups (broad SMARTS) is 2. The molecule has 28 heavy (non-hydrogen) atoms. The van der Waals surface area contributed by atoms with Gasteiger partial charge >= 0.3 is 11.9 Å². The van der Waals surface area contributed by atoms with Crippen LogP contribution in [0.25, 0.3) is 10.4 Å². The average molecular weight is 417 g/mol. The van der Waals surface area contributed by atoms with Crippen molar-refractivity contribution in [1.82, 2.24) is 0 Å². The van der Waals surface area contributed by atoms with Gasteiger partial charge in [-0.15, -0.1) is 11.3 Å². The minimum atomic E-state index is -4.02. The van der Waals surface area contributed by atoms with E-state index in [0.717, 1.165) is 11.3 Å². The first kappa shape index (κ1) is 19.6. The fourth-order valence-corrected chi connectivity index (χ4v) is 5.07. The Hall–Kier alpha value is -3.17. The van der Waals surface area contributed by atoms with Crippen molar-refractivity contribution in [2.45, 2.75) is 11.8 Å². The zero-order chi connectivity index (χ0) is 20.5. The van der Waals surface area contributed by atoms with Crippen molar-refractivity contribution in [3.8, 4) is 10.4 Å². The number of hydrogen-bond acceptors (Lipinski definition) is 5. The molecule has 0 unspecified atom stereocenters. The number of carboxylic acids is 2. The van der Waals surface area contributed by atoms with E-state index in [9.17, 15) is 28.2 Å². The first-order valence-electron chi connectivity index (χ1n) is 7.99. The van der Waals surface area contributed by atoms with Crippen LogP contribution >= 0.6 is 11.3 Å². The van der Waals surface area contributed by atoms with Crippen LogP contribution in [0.2, 0.25) is 0 Å². The second-order valence-corrected chi connectivity index (χ2v) is 8.58. The molecule has 0 saturated carbocycles. The van der Waals surface area contributed by atoms with Gasteiger partial charge in [-0.05, 0) is 30.7 Å². The molecule has 3 N–H and O–H groups in total. The van der Waals surface area contributed by atoms with Crippen LogP contribution in [-0.2, 0) is 10.0 Å². The molecule has 0 amide bonds. The van der Waals surface area contributed by atoms with Gasteiger partial charge in [-0.1, -0.05) is 36.4 Å².